The Kier molecular flexibility index (Phi) is 3.53. The SMILES string of the molecule is O=[N+]([O-])c1ccccc1NN1CCC(F)CC1. The number of nitrogens with one attached hydrogen (secondary N) is 1. The molecule has 0 spiro atoms. The Labute approximate surface area is 98.3 Å². The first-order valence-corrected chi connectivity index (χ1v) is 5.56. The van der Waals surface area contributed by atoms with Crippen LogP contribution in [0, 0.1) is 10.1 Å². The molecule has 1 aromatic rings. The highest BCUT2D eigenvalue weighted by Crippen LogP contribution is 2.24. The van der Waals surface area contributed by atoms with Crippen LogP contribution in [0.15, 0.2) is 24.3 Å². The van der Waals surface area contributed by atoms with Crippen LogP contribution in [0.1, 0.15) is 12.8 Å². The fourth-order valence-electron chi connectivity index (χ4n) is 1.86. The summed E-state index contributed by atoms with van der Waals surface area (Å²) in [6, 6.07) is 6.46. The van der Waals surface area contributed by atoms with Gasteiger partial charge in [-0.25, -0.2) is 9.40 Å². The standard InChI is InChI=1S/C11H14FN3O2/c12-9-5-7-14(8-6-9)13-10-3-1-2-4-11(10)15(16)17/h1-4,9,13H,5-8H2. The molecule has 2 rings (SSSR count). The smallest absolute Gasteiger partial charge is 0.293 e. The predicted molar refractivity (Wildman–Crippen MR) is 62.4 cm³/mol. The van der Waals surface area contributed by atoms with E-state index in [2.05, 4.69) is 5.43 Å². The van der Waals surface area contributed by atoms with Crippen molar-refractivity contribution in [2.75, 3.05) is 18.5 Å². The fourth-order valence-corrected chi connectivity index (χ4v) is 1.86. The van der Waals surface area contributed by atoms with E-state index in [9.17, 15) is 14.5 Å². The molecule has 1 aromatic carbocycles. The lowest BCUT2D eigenvalue weighted by Gasteiger charge is -2.29. The summed E-state index contributed by atoms with van der Waals surface area (Å²) in [6.07, 6.45) is 0.181. The highest BCUT2D eigenvalue weighted by atomic mass is 19.1. The molecular weight excluding hydrogens is 225 g/mol. The van der Waals surface area contributed by atoms with Crippen LogP contribution in [-0.2, 0) is 0 Å². The third-order valence-corrected chi connectivity index (χ3v) is 2.80. The Morgan fingerprint density at radius 3 is 2.65 bits per heavy atom. The van der Waals surface area contributed by atoms with Gasteiger partial charge < -0.3 is 5.43 Å². The normalized spacial score (nSPS) is 17.9. The molecule has 5 nitrogen and oxygen atoms in total. The van der Waals surface area contributed by atoms with Crippen molar-refractivity contribution < 1.29 is 9.31 Å². The second-order valence-electron chi connectivity index (χ2n) is 4.05. The van der Waals surface area contributed by atoms with Crippen molar-refractivity contribution >= 4 is 11.4 Å². The van der Waals surface area contributed by atoms with Crippen molar-refractivity contribution in [2.24, 2.45) is 0 Å². The molecule has 1 heterocycles. The van der Waals surface area contributed by atoms with E-state index in [-0.39, 0.29) is 5.69 Å². The van der Waals surface area contributed by atoms with Gasteiger partial charge in [-0.15, -0.1) is 0 Å². The van der Waals surface area contributed by atoms with E-state index in [1.807, 2.05) is 5.01 Å². The van der Waals surface area contributed by atoms with Gasteiger partial charge in [-0.2, -0.15) is 0 Å². The zero-order valence-electron chi connectivity index (χ0n) is 9.30. The number of nitrogens with zero attached hydrogens (tertiary/aromatic N) is 2. The Morgan fingerprint density at radius 1 is 1.35 bits per heavy atom. The lowest BCUT2D eigenvalue weighted by atomic mass is 10.1. The largest absolute Gasteiger partial charge is 0.313 e. The average Bonchev–Trinajstić information content (AvgIpc) is 2.32. The molecule has 1 aliphatic rings. The van der Waals surface area contributed by atoms with E-state index in [4.69, 9.17) is 0 Å². The van der Waals surface area contributed by atoms with Crippen molar-refractivity contribution in [2.45, 2.75) is 19.0 Å². The van der Waals surface area contributed by atoms with Gasteiger partial charge in [0.15, 0.2) is 0 Å². The van der Waals surface area contributed by atoms with Crippen LogP contribution in [0.5, 0.6) is 0 Å². The van der Waals surface area contributed by atoms with Crippen LogP contribution in [0.4, 0.5) is 15.8 Å². The molecule has 0 bridgehead atoms. The monoisotopic (exact) mass is 239 g/mol. The van der Waals surface area contributed by atoms with Crippen LogP contribution in [0.3, 0.4) is 0 Å². The Balaban J connectivity index is 2.05. The maximum absolute atomic E-state index is 12.9. The minimum absolute atomic E-state index is 0.0369. The number of piperidine rings is 1. The number of rotatable bonds is 3. The molecule has 0 atom stereocenters. The Hall–Kier alpha value is -1.69. The predicted octanol–water partition coefficient (Wildman–Crippen LogP) is 2.36. The number of nitro benzene ring substituents is 1. The molecule has 0 saturated carbocycles. The lowest BCUT2D eigenvalue weighted by molar-refractivity contribution is -0.384. The van der Waals surface area contributed by atoms with E-state index in [1.54, 1.807) is 18.2 Å². The third-order valence-electron chi connectivity index (χ3n) is 2.80. The van der Waals surface area contributed by atoms with Crippen LogP contribution in [0.2, 0.25) is 0 Å². The van der Waals surface area contributed by atoms with Gasteiger partial charge >= 0.3 is 0 Å². The zero-order valence-corrected chi connectivity index (χ0v) is 9.30. The molecule has 0 unspecified atom stereocenters. The van der Waals surface area contributed by atoms with Crippen LogP contribution in [0.25, 0.3) is 0 Å². The Bertz CT molecular complexity index is 405. The quantitative estimate of drug-likeness (QED) is 0.649. The van der Waals surface area contributed by atoms with Crippen LogP contribution in [-0.4, -0.2) is 29.2 Å². The average molecular weight is 239 g/mol. The summed E-state index contributed by atoms with van der Waals surface area (Å²) in [5.74, 6) is 0. The third kappa shape index (κ3) is 2.91. The van der Waals surface area contributed by atoms with Crippen molar-refractivity contribution in [3.05, 3.63) is 34.4 Å². The molecule has 0 aliphatic carbocycles. The summed E-state index contributed by atoms with van der Waals surface area (Å²) >= 11 is 0. The maximum Gasteiger partial charge on any atom is 0.293 e. The fraction of sp³-hybridized carbons (Fsp3) is 0.455. The number of hydrazine groups is 1. The lowest BCUT2D eigenvalue weighted by Crippen LogP contribution is -2.38. The van der Waals surface area contributed by atoms with Crippen molar-refractivity contribution in [3.63, 3.8) is 0 Å². The molecule has 1 fully saturated rings. The van der Waals surface area contributed by atoms with E-state index < -0.39 is 11.1 Å². The topological polar surface area (TPSA) is 58.4 Å². The van der Waals surface area contributed by atoms with Gasteiger partial charge in [0.2, 0.25) is 0 Å². The number of benzene rings is 1. The van der Waals surface area contributed by atoms with Gasteiger partial charge in [-0.1, -0.05) is 12.1 Å². The number of nitro groups is 1. The summed E-state index contributed by atoms with van der Waals surface area (Å²) in [6.45, 7) is 1.13. The second kappa shape index (κ2) is 5.09. The van der Waals surface area contributed by atoms with Gasteiger partial charge in [0.1, 0.15) is 11.9 Å². The van der Waals surface area contributed by atoms with Crippen LogP contribution >= 0.6 is 0 Å². The Morgan fingerprint density at radius 2 is 2.00 bits per heavy atom. The van der Waals surface area contributed by atoms with E-state index >= 15 is 0 Å². The molecule has 92 valence electrons. The van der Waals surface area contributed by atoms with Crippen LogP contribution < -0.4 is 5.43 Å². The van der Waals surface area contributed by atoms with Crippen molar-refractivity contribution in [1.29, 1.82) is 0 Å². The highest BCUT2D eigenvalue weighted by Gasteiger charge is 2.20. The summed E-state index contributed by atoms with van der Waals surface area (Å²) < 4.78 is 12.9. The highest BCUT2D eigenvalue weighted by molar-refractivity contribution is 5.60. The molecule has 0 amide bonds. The molecule has 1 aliphatic heterocycles. The number of para-hydroxylation sites is 2. The van der Waals surface area contributed by atoms with Gasteiger partial charge in [-0.05, 0) is 18.9 Å². The zero-order chi connectivity index (χ0) is 12.3. The van der Waals surface area contributed by atoms with Gasteiger partial charge in [0, 0.05) is 19.2 Å². The molecule has 1 N–H and O–H groups in total. The summed E-state index contributed by atoms with van der Waals surface area (Å²) in [4.78, 5) is 10.4. The second-order valence-corrected chi connectivity index (χ2v) is 4.05. The van der Waals surface area contributed by atoms with E-state index in [0.717, 1.165) is 0 Å². The molecule has 6 heteroatoms. The first-order valence-electron chi connectivity index (χ1n) is 5.56. The summed E-state index contributed by atoms with van der Waals surface area (Å²) in [5.41, 5.74) is 3.47. The molecule has 1 saturated heterocycles. The molecule has 17 heavy (non-hydrogen) atoms. The van der Waals surface area contributed by atoms with Gasteiger partial charge in [0.25, 0.3) is 5.69 Å². The first kappa shape index (κ1) is 11.8. The van der Waals surface area contributed by atoms with Gasteiger partial charge in [0.05, 0.1) is 4.92 Å². The summed E-state index contributed by atoms with van der Waals surface area (Å²) in [7, 11) is 0. The number of hydrogen-bond acceptors (Lipinski definition) is 4. The summed E-state index contributed by atoms with van der Waals surface area (Å²) in [5, 5.41) is 12.6. The minimum atomic E-state index is -0.751. The maximum atomic E-state index is 12.9. The number of alkyl halides is 1. The molecule has 0 aromatic heterocycles. The first-order chi connectivity index (χ1) is 8.16. The van der Waals surface area contributed by atoms with Gasteiger partial charge in [-0.3, -0.25) is 10.1 Å². The van der Waals surface area contributed by atoms with Crippen molar-refractivity contribution in [3.8, 4) is 0 Å². The molecule has 0 radical (unpaired) electrons. The minimum Gasteiger partial charge on any atom is -0.313 e. The molecular formula is C11H14FN3O2. The number of hydrogen-bond donors (Lipinski definition) is 1. The van der Waals surface area contributed by atoms with Crippen molar-refractivity contribution in [1.82, 2.24) is 5.01 Å². The van der Waals surface area contributed by atoms with E-state index in [0.29, 0.717) is 31.6 Å². The number of halogens is 1. The number of anilines is 1. The van der Waals surface area contributed by atoms with E-state index in [1.165, 1.54) is 6.07 Å².